The number of carbonyl (C=O) groups excluding carboxylic acids is 1. The third-order valence-electron chi connectivity index (χ3n) is 3.08. The van der Waals surface area contributed by atoms with E-state index in [4.69, 9.17) is 4.74 Å². The molecule has 20 heavy (non-hydrogen) atoms. The number of ether oxygens (including phenoxy) is 1. The molecule has 1 saturated heterocycles. The van der Waals surface area contributed by atoms with Crippen LogP contribution in [0.25, 0.3) is 0 Å². The first-order valence-corrected chi connectivity index (χ1v) is 6.28. The van der Waals surface area contributed by atoms with Gasteiger partial charge in [-0.15, -0.1) is 0 Å². The smallest absolute Gasteiger partial charge is 0.420 e. The topological polar surface area (TPSA) is 49.8 Å². The van der Waals surface area contributed by atoms with E-state index < -0.39 is 49.0 Å². The van der Waals surface area contributed by atoms with Crippen molar-refractivity contribution in [3.63, 3.8) is 0 Å². The van der Waals surface area contributed by atoms with E-state index in [9.17, 15) is 27.5 Å². The van der Waals surface area contributed by atoms with Crippen molar-refractivity contribution in [3.8, 4) is 0 Å². The highest BCUT2D eigenvalue weighted by Gasteiger charge is 2.59. The predicted octanol–water partition coefficient (Wildman–Crippen LogP) is 2.65. The molecule has 8 heteroatoms. The normalized spacial score (nSPS) is 29.0. The molecule has 0 saturated carbocycles. The molecule has 1 aliphatic rings. The number of amides is 1. The van der Waals surface area contributed by atoms with E-state index in [0.717, 1.165) is 4.90 Å². The SMILES string of the molecule is CC(C)(C)OC(=O)N1CC[C@@H](F)[C@@](O)(C(F)(F)F)CC1. The highest BCUT2D eigenvalue weighted by Crippen LogP contribution is 2.40. The van der Waals surface area contributed by atoms with Gasteiger partial charge in [0.2, 0.25) is 0 Å². The van der Waals surface area contributed by atoms with Crippen molar-refractivity contribution >= 4 is 6.09 Å². The number of nitrogens with zero attached hydrogens (tertiary/aromatic N) is 1. The van der Waals surface area contributed by atoms with Gasteiger partial charge < -0.3 is 14.7 Å². The average Bonchev–Trinajstić information content (AvgIpc) is 2.37. The van der Waals surface area contributed by atoms with Crippen LogP contribution in [0.4, 0.5) is 22.4 Å². The van der Waals surface area contributed by atoms with Crippen LogP contribution < -0.4 is 0 Å². The molecule has 0 unspecified atom stereocenters. The third kappa shape index (κ3) is 3.74. The summed E-state index contributed by atoms with van der Waals surface area (Å²) in [7, 11) is 0. The summed E-state index contributed by atoms with van der Waals surface area (Å²) in [5.74, 6) is 0. The molecule has 0 aromatic carbocycles. The lowest BCUT2D eigenvalue weighted by molar-refractivity contribution is -0.281. The Morgan fingerprint density at radius 1 is 1.30 bits per heavy atom. The quantitative estimate of drug-likeness (QED) is 0.700. The Balaban J connectivity index is 2.79. The Labute approximate surface area is 114 Å². The standard InChI is InChI=1S/C12H19F4NO3/c1-10(2,3)20-9(18)17-6-4-8(13)11(19,5-7-17)12(14,15)16/h8,19H,4-7H2,1-3H3/t8-,11-/m1/s1. The summed E-state index contributed by atoms with van der Waals surface area (Å²) in [6, 6.07) is 0. The molecule has 1 N–H and O–H groups in total. The van der Waals surface area contributed by atoms with E-state index in [2.05, 4.69) is 0 Å². The van der Waals surface area contributed by atoms with Crippen LogP contribution in [0.2, 0.25) is 0 Å². The molecule has 1 amide bonds. The van der Waals surface area contributed by atoms with Crippen molar-refractivity contribution in [2.24, 2.45) is 0 Å². The van der Waals surface area contributed by atoms with Crippen LogP contribution in [0, 0.1) is 0 Å². The molecule has 1 rings (SSSR count). The predicted molar refractivity (Wildman–Crippen MR) is 62.9 cm³/mol. The number of likely N-dealkylation sites (tertiary alicyclic amines) is 1. The van der Waals surface area contributed by atoms with Crippen LogP contribution >= 0.6 is 0 Å². The van der Waals surface area contributed by atoms with Gasteiger partial charge in [0, 0.05) is 19.5 Å². The van der Waals surface area contributed by atoms with Gasteiger partial charge in [-0.25, -0.2) is 9.18 Å². The molecule has 4 nitrogen and oxygen atoms in total. The summed E-state index contributed by atoms with van der Waals surface area (Å²) in [5.41, 5.74) is -4.21. The zero-order chi connectivity index (χ0) is 15.8. The second-order valence-electron chi connectivity index (χ2n) is 5.90. The lowest BCUT2D eigenvalue weighted by atomic mass is 9.92. The molecule has 1 aliphatic heterocycles. The molecule has 0 aromatic rings. The van der Waals surface area contributed by atoms with Gasteiger partial charge in [0.1, 0.15) is 11.8 Å². The second kappa shape index (κ2) is 5.38. The minimum atomic E-state index is -5.07. The van der Waals surface area contributed by atoms with Crippen molar-refractivity contribution in [3.05, 3.63) is 0 Å². The van der Waals surface area contributed by atoms with E-state index in [0.29, 0.717) is 0 Å². The van der Waals surface area contributed by atoms with E-state index in [1.54, 1.807) is 20.8 Å². The summed E-state index contributed by atoms with van der Waals surface area (Å²) in [6.07, 6.45) is -9.84. The number of hydrogen-bond donors (Lipinski definition) is 1. The molecule has 1 fully saturated rings. The van der Waals surface area contributed by atoms with E-state index >= 15 is 0 Å². The summed E-state index contributed by atoms with van der Waals surface area (Å²) in [6.45, 7) is 4.21. The maximum Gasteiger partial charge on any atom is 0.420 e. The number of carbonyl (C=O) groups is 1. The Kier molecular flexibility index (Phi) is 4.58. The Morgan fingerprint density at radius 2 is 1.85 bits per heavy atom. The van der Waals surface area contributed by atoms with E-state index in [1.165, 1.54) is 0 Å². The molecule has 0 aliphatic carbocycles. The van der Waals surface area contributed by atoms with Gasteiger partial charge >= 0.3 is 12.3 Å². The highest BCUT2D eigenvalue weighted by molar-refractivity contribution is 5.68. The van der Waals surface area contributed by atoms with E-state index in [1.807, 2.05) is 0 Å². The zero-order valence-corrected chi connectivity index (χ0v) is 11.6. The van der Waals surface area contributed by atoms with Crippen molar-refractivity contribution in [2.45, 2.75) is 57.2 Å². The largest absolute Gasteiger partial charge is 0.444 e. The number of rotatable bonds is 0. The molecule has 0 radical (unpaired) electrons. The first-order valence-electron chi connectivity index (χ1n) is 6.28. The Morgan fingerprint density at radius 3 is 2.30 bits per heavy atom. The van der Waals surface area contributed by atoms with Crippen molar-refractivity contribution in [1.29, 1.82) is 0 Å². The maximum absolute atomic E-state index is 13.6. The van der Waals surface area contributed by atoms with Crippen molar-refractivity contribution in [2.75, 3.05) is 13.1 Å². The zero-order valence-electron chi connectivity index (χ0n) is 11.6. The van der Waals surface area contributed by atoms with Crippen LogP contribution in [-0.2, 0) is 4.74 Å². The molecule has 2 atom stereocenters. The van der Waals surface area contributed by atoms with Gasteiger partial charge in [-0.1, -0.05) is 0 Å². The van der Waals surface area contributed by atoms with Gasteiger partial charge in [0.05, 0.1) is 0 Å². The van der Waals surface area contributed by atoms with Gasteiger partial charge in [-0.05, 0) is 27.2 Å². The van der Waals surface area contributed by atoms with Crippen molar-refractivity contribution in [1.82, 2.24) is 4.90 Å². The summed E-state index contributed by atoms with van der Waals surface area (Å²) in [4.78, 5) is 12.7. The van der Waals surface area contributed by atoms with Crippen LogP contribution in [-0.4, -0.2) is 52.7 Å². The minimum absolute atomic E-state index is 0.228. The monoisotopic (exact) mass is 301 g/mol. The minimum Gasteiger partial charge on any atom is -0.444 e. The molecule has 118 valence electrons. The fourth-order valence-corrected chi connectivity index (χ4v) is 1.91. The van der Waals surface area contributed by atoms with Crippen LogP contribution in [0.15, 0.2) is 0 Å². The number of aliphatic hydroxyl groups is 1. The lowest BCUT2D eigenvalue weighted by Crippen LogP contribution is -2.53. The van der Waals surface area contributed by atoms with Crippen LogP contribution in [0.3, 0.4) is 0 Å². The number of alkyl halides is 4. The summed E-state index contributed by atoms with van der Waals surface area (Å²) < 4.78 is 56.8. The highest BCUT2D eigenvalue weighted by atomic mass is 19.4. The summed E-state index contributed by atoms with van der Waals surface area (Å²) >= 11 is 0. The first kappa shape index (κ1) is 17.0. The Bertz CT molecular complexity index is 367. The van der Waals surface area contributed by atoms with Gasteiger partial charge in [0.15, 0.2) is 5.60 Å². The molecule has 0 bridgehead atoms. The van der Waals surface area contributed by atoms with Crippen molar-refractivity contribution < 1.29 is 32.2 Å². The molecule has 1 heterocycles. The Hall–Kier alpha value is -1.05. The van der Waals surface area contributed by atoms with E-state index in [-0.39, 0.29) is 6.54 Å². The second-order valence-corrected chi connectivity index (χ2v) is 5.90. The molecular weight excluding hydrogens is 282 g/mol. The lowest BCUT2D eigenvalue weighted by Gasteiger charge is -2.31. The molecular formula is C12H19F4NO3. The first-order chi connectivity index (χ1) is 8.87. The van der Waals surface area contributed by atoms with Crippen LogP contribution in [0.1, 0.15) is 33.6 Å². The third-order valence-corrected chi connectivity index (χ3v) is 3.08. The fourth-order valence-electron chi connectivity index (χ4n) is 1.91. The fraction of sp³-hybridized carbons (Fsp3) is 0.917. The van der Waals surface area contributed by atoms with Gasteiger partial charge in [0.25, 0.3) is 0 Å². The molecule has 0 aromatic heterocycles. The number of halogens is 4. The maximum atomic E-state index is 13.6. The van der Waals surface area contributed by atoms with Gasteiger partial charge in [-0.3, -0.25) is 0 Å². The average molecular weight is 301 g/mol. The van der Waals surface area contributed by atoms with Crippen LogP contribution in [0.5, 0.6) is 0 Å². The molecule has 0 spiro atoms. The summed E-state index contributed by atoms with van der Waals surface area (Å²) in [5, 5.41) is 9.51. The van der Waals surface area contributed by atoms with Gasteiger partial charge in [-0.2, -0.15) is 13.2 Å². The number of hydrogen-bond acceptors (Lipinski definition) is 3.